The van der Waals surface area contributed by atoms with Crippen LogP contribution in [0.15, 0.2) is 29.2 Å². The van der Waals surface area contributed by atoms with Crippen LogP contribution < -0.4 is 10.5 Å². The minimum absolute atomic E-state index is 0.0601. The number of amides is 2. The molecule has 0 heterocycles. The summed E-state index contributed by atoms with van der Waals surface area (Å²) in [6.07, 6.45) is -0.168. The number of ether oxygens (including phenoxy) is 1. The van der Waals surface area contributed by atoms with Gasteiger partial charge in [-0.1, -0.05) is 25.4 Å². The average molecular weight is 361 g/mol. The van der Waals surface area contributed by atoms with E-state index in [4.69, 9.17) is 17.3 Å². The van der Waals surface area contributed by atoms with Crippen LogP contribution in [0.2, 0.25) is 5.02 Å². The summed E-state index contributed by atoms with van der Waals surface area (Å²) in [5.41, 5.74) is 4.26. The van der Waals surface area contributed by atoms with Gasteiger partial charge in [-0.25, -0.2) is 4.79 Å². The van der Waals surface area contributed by atoms with E-state index in [1.807, 2.05) is 26.0 Å². The highest BCUT2D eigenvalue weighted by atomic mass is 35.5. The second-order valence-corrected chi connectivity index (χ2v) is 7.53. The Kier molecular flexibility index (Phi) is 9.76. The average Bonchev–Trinajstić information content (AvgIpc) is 2.35. The third kappa shape index (κ3) is 14.0. The van der Waals surface area contributed by atoms with Gasteiger partial charge in [0.25, 0.3) is 0 Å². The lowest BCUT2D eigenvalue weighted by atomic mass is 10.1. The van der Waals surface area contributed by atoms with E-state index in [9.17, 15) is 9.59 Å². The number of carbonyl (C=O) groups excluding carboxylic acids is 2. The predicted octanol–water partition coefficient (Wildman–Crippen LogP) is 4.39. The Hall–Kier alpha value is -1.40. The Morgan fingerprint density at radius 2 is 1.78 bits per heavy atom. The Morgan fingerprint density at radius 3 is 2.13 bits per heavy atom. The third-order valence-electron chi connectivity index (χ3n) is 2.10. The molecule has 0 bridgehead atoms. The molecule has 5 nitrogen and oxygen atoms in total. The number of nitrogens with two attached hydrogens (primary N) is 1. The first kappa shape index (κ1) is 21.6. The maximum Gasteiger partial charge on any atom is 0.405 e. The van der Waals surface area contributed by atoms with Crippen LogP contribution in [0.3, 0.4) is 0 Å². The molecule has 3 N–H and O–H groups in total. The number of benzene rings is 1. The summed E-state index contributed by atoms with van der Waals surface area (Å²) in [6.45, 7) is 9.33. The van der Waals surface area contributed by atoms with Gasteiger partial charge in [0, 0.05) is 16.3 Å². The molecule has 0 saturated carbocycles. The maximum atomic E-state index is 11.3. The molecule has 1 rings (SSSR count). The summed E-state index contributed by atoms with van der Waals surface area (Å²) in [5, 5.41) is 0.702. The number of hydrogen-bond acceptors (Lipinski definition) is 4. The van der Waals surface area contributed by atoms with Gasteiger partial charge in [0.05, 0.1) is 0 Å². The molecular weight excluding hydrogens is 336 g/mol. The van der Waals surface area contributed by atoms with E-state index in [-0.39, 0.29) is 5.91 Å². The lowest BCUT2D eigenvalue weighted by molar-refractivity contribution is -0.119. The van der Waals surface area contributed by atoms with E-state index in [1.54, 1.807) is 32.9 Å². The lowest BCUT2D eigenvalue weighted by Gasteiger charge is -2.16. The van der Waals surface area contributed by atoms with Crippen molar-refractivity contribution in [3.8, 4) is 0 Å². The molecule has 0 aliphatic rings. The van der Waals surface area contributed by atoms with Gasteiger partial charge in [-0.05, 0) is 62.9 Å². The van der Waals surface area contributed by atoms with Crippen LogP contribution in [0.4, 0.5) is 4.79 Å². The van der Waals surface area contributed by atoms with Crippen LogP contribution in [0.5, 0.6) is 0 Å². The Balaban J connectivity index is 0.000000515. The number of nitrogens with one attached hydrogen (secondary N) is 1. The number of halogens is 1. The SMILES string of the molecule is CC(C)(C)OC(N)=O.CC(C)CC(=O)NSc1ccc(Cl)cc1. The third-order valence-corrected chi connectivity index (χ3v) is 3.19. The number of hydrogen-bond donors (Lipinski definition) is 2. The van der Waals surface area contributed by atoms with Gasteiger partial charge in [-0.2, -0.15) is 0 Å². The fraction of sp³-hybridized carbons (Fsp3) is 0.500. The minimum Gasteiger partial charge on any atom is -0.444 e. The molecule has 1 aromatic carbocycles. The normalized spacial score (nSPS) is 10.6. The fourth-order valence-electron chi connectivity index (χ4n) is 1.33. The van der Waals surface area contributed by atoms with Crippen molar-refractivity contribution in [2.45, 2.75) is 51.5 Å². The van der Waals surface area contributed by atoms with Crippen LogP contribution in [0.1, 0.15) is 41.0 Å². The van der Waals surface area contributed by atoms with E-state index in [1.165, 1.54) is 11.9 Å². The van der Waals surface area contributed by atoms with Gasteiger partial charge in [0.2, 0.25) is 5.91 Å². The number of carbonyl (C=O) groups is 2. The van der Waals surface area contributed by atoms with E-state index >= 15 is 0 Å². The molecule has 0 atom stereocenters. The van der Waals surface area contributed by atoms with E-state index in [0.29, 0.717) is 17.4 Å². The second-order valence-electron chi connectivity index (χ2n) is 6.21. The van der Waals surface area contributed by atoms with Crippen LogP contribution in [-0.4, -0.2) is 17.6 Å². The van der Waals surface area contributed by atoms with Crippen LogP contribution in [-0.2, 0) is 9.53 Å². The van der Waals surface area contributed by atoms with E-state index in [2.05, 4.69) is 9.46 Å². The van der Waals surface area contributed by atoms with Gasteiger partial charge in [-0.15, -0.1) is 0 Å². The fourth-order valence-corrected chi connectivity index (χ4v) is 2.05. The van der Waals surface area contributed by atoms with Crippen molar-refractivity contribution < 1.29 is 14.3 Å². The molecule has 0 spiro atoms. The van der Waals surface area contributed by atoms with Gasteiger partial charge in [0.1, 0.15) is 5.60 Å². The molecule has 0 saturated heterocycles. The molecule has 0 fully saturated rings. The summed E-state index contributed by atoms with van der Waals surface area (Å²) < 4.78 is 7.36. The highest BCUT2D eigenvalue weighted by molar-refractivity contribution is 7.98. The van der Waals surface area contributed by atoms with Crippen molar-refractivity contribution in [3.05, 3.63) is 29.3 Å². The molecule has 0 aromatic heterocycles. The molecule has 0 aliphatic carbocycles. The van der Waals surface area contributed by atoms with E-state index < -0.39 is 11.7 Å². The van der Waals surface area contributed by atoms with Crippen molar-refractivity contribution in [1.82, 2.24) is 4.72 Å². The highest BCUT2D eigenvalue weighted by Crippen LogP contribution is 2.18. The lowest BCUT2D eigenvalue weighted by Crippen LogP contribution is -2.27. The Morgan fingerprint density at radius 1 is 1.26 bits per heavy atom. The quantitative estimate of drug-likeness (QED) is 0.780. The molecule has 0 unspecified atom stereocenters. The topological polar surface area (TPSA) is 81.4 Å². The zero-order chi connectivity index (χ0) is 18.0. The standard InChI is InChI=1S/C11H14ClNOS.C5H11NO2/c1-8(2)7-11(14)13-15-10-5-3-9(12)4-6-10;1-5(2,3)8-4(6)7/h3-6,8H,7H2,1-2H3,(H,13,14);1-3H3,(H2,6,7). The number of primary amides is 1. The summed E-state index contributed by atoms with van der Waals surface area (Å²) >= 11 is 7.07. The molecule has 0 aliphatic heterocycles. The molecule has 0 radical (unpaired) electrons. The molecular formula is C16H25ClN2O3S. The molecule has 1 aromatic rings. The summed E-state index contributed by atoms with van der Waals surface area (Å²) in [5.74, 6) is 0.445. The first-order chi connectivity index (χ1) is 10.5. The van der Waals surface area contributed by atoms with E-state index in [0.717, 1.165) is 4.90 Å². The van der Waals surface area contributed by atoms with Crippen LogP contribution >= 0.6 is 23.5 Å². The molecule has 7 heteroatoms. The monoisotopic (exact) mass is 360 g/mol. The van der Waals surface area contributed by atoms with Crippen LogP contribution in [0.25, 0.3) is 0 Å². The zero-order valence-electron chi connectivity index (χ0n) is 14.2. The first-order valence-corrected chi connectivity index (χ1v) is 8.38. The van der Waals surface area contributed by atoms with Crippen molar-refractivity contribution in [2.24, 2.45) is 11.7 Å². The number of rotatable bonds is 4. The Bertz CT molecular complexity index is 499. The summed E-state index contributed by atoms with van der Waals surface area (Å²) in [4.78, 5) is 22.3. The molecule has 2 amide bonds. The Labute approximate surface area is 147 Å². The zero-order valence-corrected chi connectivity index (χ0v) is 15.8. The predicted molar refractivity (Wildman–Crippen MR) is 95.3 cm³/mol. The summed E-state index contributed by atoms with van der Waals surface area (Å²) in [7, 11) is 0. The van der Waals surface area contributed by atoms with Crippen molar-refractivity contribution in [3.63, 3.8) is 0 Å². The van der Waals surface area contributed by atoms with Crippen molar-refractivity contribution in [1.29, 1.82) is 0 Å². The highest BCUT2D eigenvalue weighted by Gasteiger charge is 2.12. The maximum absolute atomic E-state index is 11.3. The largest absolute Gasteiger partial charge is 0.444 e. The van der Waals surface area contributed by atoms with Gasteiger partial charge in [-0.3, -0.25) is 9.52 Å². The van der Waals surface area contributed by atoms with Crippen molar-refractivity contribution >= 4 is 35.5 Å². The molecule has 23 heavy (non-hydrogen) atoms. The second kappa shape index (κ2) is 10.4. The van der Waals surface area contributed by atoms with Crippen LogP contribution in [0, 0.1) is 5.92 Å². The smallest absolute Gasteiger partial charge is 0.405 e. The van der Waals surface area contributed by atoms with Crippen molar-refractivity contribution in [2.75, 3.05) is 0 Å². The molecule has 130 valence electrons. The summed E-state index contributed by atoms with van der Waals surface area (Å²) in [6, 6.07) is 7.36. The minimum atomic E-state index is -0.725. The first-order valence-electron chi connectivity index (χ1n) is 7.19. The van der Waals surface area contributed by atoms with Gasteiger partial charge < -0.3 is 10.5 Å². The van der Waals surface area contributed by atoms with Gasteiger partial charge in [0.15, 0.2) is 0 Å². The van der Waals surface area contributed by atoms with Gasteiger partial charge >= 0.3 is 6.09 Å².